The van der Waals surface area contributed by atoms with E-state index in [1.165, 1.54) is 212 Å². The van der Waals surface area contributed by atoms with Crippen molar-refractivity contribution in [3.63, 3.8) is 0 Å². The van der Waals surface area contributed by atoms with Gasteiger partial charge in [0.2, 0.25) is 5.91 Å². The van der Waals surface area contributed by atoms with Crippen LogP contribution in [-0.2, 0) is 18.4 Å². The number of hydrogen-bond donors (Lipinski definition) is 3. The normalized spacial score (nSPS) is 14.2. The van der Waals surface area contributed by atoms with Crippen LogP contribution in [0.4, 0.5) is 0 Å². The molecular weight excluding hydrogens is 852 g/mol. The number of quaternary nitrogens is 1. The zero-order chi connectivity index (χ0) is 49.2. The van der Waals surface area contributed by atoms with E-state index in [1.807, 2.05) is 27.2 Å². The number of hydrogen-bond acceptors (Lipinski definition) is 5. The van der Waals surface area contributed by atoms with Crippen molar-refractivity contribution in [2.45, 2.75) is 289 Å². The molecule has 0 saturated carbocycles. The highest BCUT2D eigenvalue weighted by Crippen LogP contribution is 2.43. The molecule has 0 spiro atoms. The number of carbonyl (C=O) groups is 1. The van der Waals surface area contributed by atoms with E-state index in [1.54, 1.807) is 6.08 Å². The Kier molecular flexibility index (Phi) is 48.7. The van der Waals surface area contributed by atoms with Gasteiger partial charge >= 0.3 is 7.82 Å². The number of amides is 1. The molecule has 9 heteroatoms. The molecule has 0 heterocycles. The van der Waals surface area contributed by atoms with Crippen LogP contribution in [0.3, 0.4) is 0 Å². The molecule has 0 aromatic carbocycles. The summed E-state index contributed by atoms with van der Waals surface area (Å²) in [6.07, 6.45) is 64.0. The second-order valence-electron chi connectivity index (χ2n) is 21.0. The molecule has 0 aliphatic heterocycles. The minimum absolute atomic E-state index is 0.0550. The number of carbonyl (C=O) groups excluding carboxylic acids is 1. The van der Waals surface area contributed by atoms with Crippen molar-refractivity contribution < 1.29 is 32.9 Å². The van der Waals surface area contributed by atoms with Crippen molar-refractivity contribution in [1.82, 2.24) is 5.32 Å². The van der Waals surface area contributed by atoms with Crippen molar-refractivity contribution in [3.05, 3.63) is 36.5 Å². The first-order valence-electron chi connectivity index (χ1n) is 28.9. The van der Waals surface area contributed by atoms with Gasteiger partial charge in [-0.1, -0.05) is 262 Å². The molecule has 0 aliphatic rings. The van der Waals surface area contributed by atoms with Gasteiger partial charge in [0.05, 0.1) is 39.9 Å². The number of likely N-dealkylation sites (N-methyl/N-ethyl adjacent to an activating group) is 1. The zero-order valence-electron chi connectivity index (χ0n) is 45.2. The van der Waals surface area contributed by atoms with Crippen molar-refractivity contribution in [3.8, 4) is 0 Å². The molecular formula is C58H114N2O6P+. The highest BCUT2D eigenvalue weighted by molar-refractivity contribution is 7.47. The van der Waals surface area contributed by atoms with E-state index < -0.39 is 20.0 Å². The van der Waals surface area contributed by atoms with Gasteiger partial charge in [0.25, 0.3) is 0 Å². The van der Waals surface area contributed by atoms with Crippen LogP contribution in [0.2, 0.25) is 0 Å². The van der Waals surface area contributed by atoms with Crippen LogP contribution in [0.25, 0.3) is 0 Å². The molecule has 1 amide bonds. The van der Waals surface area contributed by atoms with Gasteiger partial charge in [-0.15, -0.1) is 0 Å². The number of nitrogens with one attached hydrogen (secondary N) is 1. The van der Waals surface area contributed by atoms with Crippen LogP contribution in [0, 0.1) is 0 Å². The Morgan fingerprint density at radius 1 is 0.493 bits per heavy atom. The second-order valence-corrected chi connectivity index (χ2v) is 22.5. The fraction of sp³-hybridized carbons (Fsp3) is 0.879. The van der Waals surface area contributed by atoms with Crippen LogP contribution in [0.5, 0.6) is 0 Å². The number of aliphatic hydroxyl groups is 1. The molecule has 3 N–H and O–H groups in total. The summed E-state index contributed by atoms with van der Waals surface area (Å²) in [6.45, 7) is 4.81. The average molecular weight is 967 g/mol. The predicted octanol–water partition coefficient (Wildman–Crippen LogP) is 17.4. The first-order valence-corrected chi connectivity index (χ1v) is 30.4. The third-order valence-corrected chi connectivity index (χ3v) is 14.1. The number of rotatable bonds is 53. The predicted molar refractivity (Wildman–Crippen MR) is 291 cm³/mol. The first-order chi connectivity index (χ1) is 32.5. The fourth-order valence-corrected chi connectivity index (χ4v) is 9.28. The van der Waals surface area contributed by atoms with Gasteiger partial charge in [0.1, 0.15) is 13.2 Å². The SMILES string of the molecule is CCCCCCCC/C=C/CC/C=C/CC/C=C/C(O)C(COP(=O)(O)OCC[N+](C)(C)C)NC(=O)CCCCCCCCCCCCCCCCCCCCCCCCCCCCCCC. The molecule has 3 atom stereocenters. The van der Waals surface area contributed by atoms with Crippen LogP contribution in [-0.4, -0.2) is 73.4 Å². The Morgan fingerprint density at radius 3 is 1.19 bits per heavy atom. The van der Waals surface area contributed by atoms with Gasteiger partial charge < -0.3 is 19.8 Å². The maximum absolute atomic E-state index is 13.0. The Hall–Kier alpha value is -1.28. The summed E-state index contributed by atoms with van der Waals surface area (Å²) in [7, 11) is 1.56. The Labute approximate surface area is 417 Å². The molecule has 0 bridgehead atoms. The zero-order valence-corrected chi connectivity index (χ0v) is 46.0. The second kappa shape index (κ2) is 49.7. The fourth-order valence-electron chi connectivity index (χ4n) is 8.55. The minimum atomic E-state index is -4.35. The van der Waals surface area contributed by atoms with Crippen molar-refractivity contribution in [2.75, 3.05) is 40.9 Å². The van der Waals surface area contributed by atoms with E-state index in [2.05, 4.69) is 43.5 Å². The Balaban J connectivity index is 4.12. The maximum atomic E-state index is 13.0. The molecule has 0 radical (unpaired) electrons. The molecule has 3 unspecified atom stereocenters. The average Bonchev–Trinajstić information content (AvgIpc) is 3.29. The number of allylic oxidation sites excluding steroid dienone is 5. The quantitative estimate of drug-likeness (QED) is 0.0243. The third kappa shape index (κ3) is 52.4. The molecule has 396 valence electrons. The van der Waals surface area contributed by atoms with Crippen molar-refractivity contribution >= 4 is 13.7 Å². The van der Waals surface area contributed by atoms with Gasteiger partial charge in [0.15, 0.2) is 0 Å². The van der Waals surface area contributed by atoms with Crippen molar-refractivity contribution in [1.29, 1.82) is 0 Å². The highest BCUT2D eigenvalue weighted by atomic mass is 31.2. The number of aliphatic hydroxyl groups excluding tert-OH is 1. The topological polar surface area (TPSA) is 105 Å². The molecule has 0 aromatic heterocycles. The van der Waals surface area contributed by atoms with Gasteiger partial charge in [-0.2, -0.15) is 0 Å². The molecule has 8 nitrogen and oxygen atoms in total. The number of unbranched alkanes of at least 4 members (excludes halogenated alkanes) is 36. The van der Waals surface area contributed by atoms with Gasteiger partial charge in [-0.25, -0.2) is 4.57 Å². The summed E-state index contributed by atoms with van der Waals surface area (Å²) < 4.78 is 23.7. The molecule has 0 aliphatic carbocycles. The van der Waals surface area contributed by atoms with E-state index in [0.717, 1.165) is 44.9 Å². The number of nitrogens with zero attached hydrogens (tertiary/aromatic N) is 1. The van der Waals surface area contributed by atoms with E-state index in [-0.39, 0.29) is 19.1 Å². The monoisotopic (exact) mass is 966 g/mol. The van der Waals surface area contributed by atoms with Gasteiger partial charge in [-0.05, 0) is 44.9 Å². The first kappa shape index (κ1) is 65.7. The lowest BCUT2D eigenvalue weighted by Crippen LogP contribution is -2.45. The molecule has 67 heavy (non-hydrogen) atoms. The third-order valence-electron chi connectivity index (χ3n) is 13.1. The summed E-state index contributed by atoms with van der Waals surface area (Å²) in [4.78, 5) is 23.3. The summed E-state index contributed by atoms with van der Waals surface area (Å²) in [5, 5.41) is 13.9. The lowest BCUT2D eigenvalue weighted by Gasteiger charge is -2.25. The van der Waals surface area contributed by atoms with Crippen LogP contribution >= 0.6 is 7.82 Å². The summed E-state index contributed by atoms with van der Waals surface area (Å²) in [6, 6.07) is -0.867. The Bertz CT molecular complexity index is 1190. The number of phosphoric acid groups is 1. The Morgan fingerprint density at radius 2 is 0.821 bits per heavy atom. The minimum Gasteiger partial charge on any atom is -0.387 e. The van der Waals surface area contributed by atoms with Crippen LogP contribution in [0.1, 0.15) is 277 Å². The summed E-state index contributed by atoms with van der Waals surface area (Å²) >= 11 is 0. The largest absolute Gasteiger partial charge is 0.472 e. The lowest BCUT2D eigenvalue weighted by molar-refractivity contribution is -0.870. The molecule has 0 aromatic rings. The lowest BCUT2D eigenvalue weighted by atomic mass is 10.0. The van der Waals surface area contributed by atoms with E-state index >= 15 is 0 Å². The standard InChI is InChI=1S/C58H113N2O6P/c1-6-8-10-12-14-16-18-20-22-24-25-26-27-28-29-30-31-32-33-34-35-36-38-40-42-44-46-48-50-52-58(62)59-56(55-66-67(63,64)65-54-53-60(3,4)5)57(61)51-49-47-45-43-41-39-37-23-21-19-17-15-13-11-9-7-2/h21,23,41,43,49,51,56-57,61H,6-20,22,24-40,42,44-48,50,52-55H2,1-5H3,(H-,59,62,63,64)/p+1/b23-21+,43-41+,51-49+. The van der Waals surface area contributed by atoms with Gasteiger partial charge in [0, 0.05) is 6.42 Å². The molecule has 0 saturated heterocycles. The number of phosphoric ester groups is 1. The smallest absolute Gasteiger partial charge is 0.387 e. The van der Waals surface area contributed by atoms with Crippen molar-refractivity contribution in [2.24, 2.45) is 0 Å². The van der Waals surface area contributed by atoms with Crippen LogP contribution in [0.15, 0.2) is 36.5 Å². The molecule has 0 rings (SSSR count). The summed E-state index contributed by atoms with van der Waals surface area (Å²) in [5.74, 6) is -0.186. The maximum Gasteiger partial charge on any atom is 0.472 e. The van der Waals surface area contributed by atoms with E-state index in [9.17, 15) is 19.4 Å². The highest BCUT2D eigenvalue weighted by Gasteiger charge is 2.27. The molecule has 0 fully saturated rings. The van der Waals surface area contributed by atoms with Gasteiger partial charge in [-0.3, -0.25) is 13.8 Å². The summed E-state index contributed by atoms with van der Waals surface area (Å²) in [5.41, 5.74) is 0. The van der Waals surface area contributed by atoms with E-state index in [4.69, 9.17) is 9.05 Å². The van der Waals surface area contributed by atoms with Crippen LogP contribution < -0.4 is 5.32 Å². The van der Waals surface area contributed by atoms with E-state index in [0.29, 0.717) is 17.4 Å².